The van der Waals surface area contributed by atoms with Crippen molar-refractivity contribution in [2.75, 3.05) is 6.61 Å². The maximum Gasteiger partial charge on any atom is 0.318 e. The molecule has 0 fully saturated rings. The summed E-state index contributed by atoms with van der Waals surface area (Å²) < 4.78 is 5.72. The fourth-order valence-corrected chi connectivity index (χ4v) is 1.95. The third-order valence-corrected chi connectivity index (χ3v) is 3.01. The average molecular weight is 272 g/mol. The van der Waals surface area contributed by atoms with Crippen LogP contribution in [0.3, 0.4) is 0 Å². The number of pyridine rings is 1. The predicted molar refractivity (Wildman–Crippen MR) is 76.9 cm³/mol. The van der Waals surface area contributed by atoms with Gasteiger partial charge in [0.25, 0.3) is 0 Å². The van der Waals surface area contributed by atoms with Crippen LogP contribution in [0.15, 0.2) is 35.6 Å². The van der Waals surface area contributed by atoms with Crippen LogP contribution in [0, 0.1) is 4.91 Å². The van der Waals surface area contributed by atoms with Gasteiger partial charge >= 0.3 is 5.91 Å². The number of rotatable bonds is 6. The zero-order valence-electron chi connectivity index (χ0n) is 11.3. The van der Waals surface area contributed by atoms with Gasteiger partial charge in [-0.3, -0.25) is 9.78 Å². The summed E-state index contributed by atoms with van der Waals surface area (Å²) in [6, 6.07) is 7.11. The van der Waals surface area contributed by atoms with Crippen molar-refractivity contribution >= 4 is 16.8 Å². The molecule has 2 aromatic rings. The number of nitrogens with zero attached hydrogens (tertiary/aromatic N) is 2. The van der Waals surface area contributed by atoms with Gasteiger partial charge < -0.3 is 4.74 Å². The maximum absolute atomic E-state index is 11.2. The van der Waals surface area contributed by atoms with Crippen molar-refractivity contribution in [2.45, 2.75) is 26.2 Å². The highest BCUT2D eigenvalue weighted by molar-refractivity contribution is 5.98. The molecule has 0 unspecified atom stereocenters. The van der Waals surface area contributed by atoms with Crippen LogP contribution in [-0.2, 0) is 0 Å². The monoisotopic (exact) mass is 272 g/mol. The van der Waals surface area contributed by atoms with Crippen molar-refractivity contribution in [1.29, 1.82) is 0 Å². The van der Waals surface area contributed by atoms with Crippen molar-refractivity contribution in [3.8, 4) is 5.75 Å². The maximum atomic E-state index is 11.2. The minimum atomic E-state index is -0.811. The summed E-state index contributed by atoms with van der Waals surface area (Å²) in [6.45, 7) is 2.78. The fraction of sp³-hybridized carbons (Fsp3) is 0.333. The van der Waals surface area contributed by atoms with Crippen molar-refractivity contribution in [3.63, 3.8) is 0 Å². The predicted octanol–water partition coefficient (Wildman–Crippen LogP) is 3.71. The number of unbranched alkanes of at least 4 members (excludes halogenated alkanes) is 2. The molecule has 0 spiro atoms. The molecule has 104 valence electrons. The van der Waals surface area contributed by atoms with Crippen molar-refractivity contribution in [2.24, 2.45) is 5.18 Å². The number of aromatic nitrogens is 1. The Kier molecular flexibility index (Phi) is 4.76. The van der Waals surface area contributed by atoms with Gasteiger partial charge in [-0.05, 0) is 18.6 Å². The van der Waals surface area contributed by atoms with Gasteiger partial charge in [0.2, 0.25) is 0 Å². The Bertz CT molecular complexity index is 626. The van der Waals surface area contributed by atoms with Crippen LogP contribution in [-0.4, -0.2) is 17.5 Å². The van der Waals surface area contributed by atoms with Gasteiger partial charge in [-0.2, -0.15) is 0 Å². The third kappa shape index (κ3) is 3.17. The summed E-state index contributed by atoms with van der Waals surface area (Å²) in [7, 11) is 0. The number of benzene rings is 1. The minimum Gasteiger partial charge on any atom is -0.491 e. The van der Waals surface area contributed by atoms with E-state index in [1.165, 1.54) is 6.20 Å². The number of carbonyl (C=O) groups is 1. The van der Waals surface area contributed by atoms with Gasteiger partial charge in [0.1, 0.15) is 11.3 Å². The molecule has 5 nitrogen and oxygen atoms in total. The highest BCUT2D eigenvalue weighted by Crippen LogP contribution is 2.24. The molecule has 20 heavy (non-hydrogen) atoms. The molecule has 0 bridgehead atoms. The van der Waals surface area contributed by atoms with E-state index < -0.39 is 5.91 Å². The molecule has 0 aliphatic carbocycles. The van der Waals surface area contributed by atoms with Crippen molar-refractivity contribution in [1.82, 2.24) is 4.98 Å². The number of nitroso groups, excluding NO2 is 1. The smallest absolute Gasteiger partial charge is 0.318 e. The van der Waals surface area contributed by atoms with Gasteiger partial charge in [-0.1, -0.05) is 31.9 Å². The second kappa shape index (κ2) is 6.75. The molecule has 0 atom stereocenters. The number of ether oxygens (including phenoxy) is 1. The summed E-state index contributed by atoms with van der Waals surface area (Å²) in [5, 5.41) is 3.15. The summed E-state index contributed by atoms with van der Waals surface area (Å²) in [5.74, 6) is -0.120. The third-order valence-electron chi connectivity index (χ3n) is 3.01. The van der Waals surface area contributed by atoms with E-state index >= 15 is 0 Å². The molecule has 0 aliphatic heterocycles. The molecule has 0 saturated carbocycles. The fourth-order valence-electron chi connectivity index (χ4n) is 1.95. The topological polar surface area (TPSA) is 68.6 Å². The molecule has 0 N–H and O–H groups in total. The summed E-state index contributed by atoms with van der Waals surface area (Å²) in [6.07, 6.45) is 4.62. The Morgan fingerprint density at radius 3 is 2.95 bits per heavy atom. The Balaban J connectivity index is 2.24. The molecule has 0 radical (unpaired) electrons. The second-order valence-corrected chi connectivity index (χ2v) is 4.50. The highest BCUT2D eigenvalue weighted by Gasteiger charge is 2.09. The van der Waals surface area contributed by atoms with Crippen LogP contribution in [0.25, 0.3) is 10.9 Å². The van der Waals surface area contributed by atoms with Gasteiger partial charge in [0.05, 0.1) is 12.2 Å². The normalized spacial score (nSPS) is 10.4. The Labute approximate surface area is 116 Å². The number of hydrogen-bond acceptors (Lipinski definition) is 4. The second-order valence-electron chi connectivity index (χ2n) is 4.50. The van der Waals surface area contributed by atoms with Crippen molar-refractivity contribution < 1.29 is 9.53 Å². The molecule has 1 amide bonds. The van der Waals surface area contributed by atoms with E-state index in [2.05, 4.69) is 17.1 Å². The van der Waals surface area contributed by atoms with Gasteiger partial charge in [0.15, 0.2) is 0 Å². The lowest BCUT2D eigenvalue weighted by atomic mass is 10.1. The summed E-state index contributed by atoms with van der Waals surface area (Å²) in [5.41, 5.74) is 0.877. The van der Waals surface area contributed by atoms with E-state index in [0.717, 1.165) is 24.6 Å². The summed E-state index contributed by atoms with van der Waals surface area (Å²) >= 11 is 0. The van der Waals surface area contributed by atoms with Gasteiger partial charge in [-0.15, -0.1) is 4.91 Å². The Morgan fingerprint density at radius 2 is 2.20 bits per heavy atom. The molecule has 2 rings (SSSR count). The largest absolute Gasteiger partial charge is 0.491 e. The highest BCUT2D eigenvalue weighted by atomic mass is 16.5. The van der Waals surface area contributed by atoms with E-state index in [0.29, 0.717) is 17.9 Å². The zero-order chi connectivity index (χ0) is 14.4. The van der Waals surface area contributed by atoms with Crippen LogP contribution in [0.1, 0.15) is 36.5 Å². The van der Waals surface area contributed by atoms with Crippen LogP contribution in [0.2, 0.25) is 0 Å². The Morgan fingerprint density at radius 1 is 1.35 bits per heavy atom. The van der Waals surface area contributed by atoms with E-state index in [1.54, 1.807) is 6.07 Å². The first-order chi connectivity index (χ1) is 9.76. The number of amides is 1. The van der Waals surface area contributed by atoms with Gasteiger partial charge in [-0.25, -0.2) is 0 Å². The first kappa shape index (κ1) is 14.1. The first-order valence-electron chi connectivity index (χ1n) is 6.65. The molecule has 0 saturated heterocycles. The molecular weight excluding hydrogens is 256 g/mol. The van der Waals surface area contributed by atoms with Crippen LogP contribution in [0.5, 0.6) is 5.75 Å². The standard InChI is InChI=1S/C15H16N2O3/c1-2-3-4-8-20-13-7-5-6-11-9-12(15(18)17-19)10-16-14(11)13/h5-7,9-10H,2-4,8H2,1H3. The SMILES string of the molecule is CCCCCOc1cccc2cc(C(=O)N=O)cnc12. The van der Waals surface area contributed by atoms with E-state index in [1.807, 2.05) is 18.2 Å². The van der Waals surface area contributed by atoms with Crippen molar-refractivity contribution in [3.05, 3.63) is 40.9 Å². The molecule has 1 aromatic heterocycles. The quantitative estimate of drug-likeness (QED) is 0.593. The van der Waals surface area contributed by atoms with Crippen LogP contribution in [0.4, 0.5) is 0 Å². The lowest BCUT2D eigenvalue weighted by molar-refractivity contribution is 0.100. The number of carbonyl (C=O) groups excluding carboxylic acids is 1. The first-order valence-corrected chi connectivity index (χ1v) is 6.65. The number of fused-ring (bicyclic) bond motifs is 1. The molecular formula is C15H16N2O3. The van der Waals surface area contributed by atoms with Gasteiger partial charge in [0, 0.05) is 16.8 Å². The number of para-hydroxylation sites is 1. The lowest BCUT2D eigenvalue weighted by Crippen LogP contribution is -1.99. The molecule has 5 heteroatoms. The minimum absolute atomic E-state index is 0.190. The van der Waals surface area contributed by atoms with Crippen LogP contribution < -0.4 is 4.74 Å². The summed E-state index contributed by atoms with van der Waals surface area (Å²) in [4.78, 5) is 25.7. The molecule has 1 aromatic carbocycles. The number of hydrogen-bond donors (Lipinski definition) is 0. The van der Waals surface area contributed by atoms with E-state index in [4.69, 9.17) is 4.74 Å². The molecule has 0 aliphatic rings. The van der Waals surface area contributed by atoms with Crippen LogP contribution >= 0.6 is 0 Å². The average Bonchev–Trinajstić information content (AvgIpc) is 2.50. The van der Waals surface area contributed by atoms with E-state index in [-0.39, 0.29) is 5.56 Å². The van der Waals surface area contributed by atoms with E-state index in [9.17, 15) is 9.70 Å². The zero-order valence-corrected chi connectivity index (χ0v) is 11.3. The molecule has 1 heterocycles. The Hall–Kier alpha value is -2.30. The lowest BCUT2D eigenvalue weighted by Gasteiger charge is -2.08.